The van der Waals surface area contributed by atoms with Crippen LogP contribution in [0.1, 0.15) is 18.4 Å². The predicted octanol–water partition coefficient (Wildman–Crippen LogP) is 3.11. The molecule has 0 saturated carbocycles. The molecule has 2 rings (SSSR count). The molecule has 1 atom stereocenters. The van der Waals surface area contributed by atoms with Gasteiger partial charge in [0.1, 0.15) is 10.9 Å². The van der Waals surface area contributed by atoms with Crippen molar-refractivity contribution in [3.63, 3.8) is 0 Å². The van der Waals surface area contributed by atoms with Gasteiger partial charge >= 0.3 is 5.97 Å². The largest absolute Gasteiger partial charge is 0.497 e. The van der Waals surface area contributed by atoms with E-state index in [-0.39, 0.29) is 23.6 Å². The van der Waals surface area contributed by atoms with Crippen molar-refractivity contribution in [2.24, 2.45) is 0 Å². The number of nitrogens with one attached hydrogen (secondary N) is 1. The lowest BCUT2D eigenvalue weighted by Crippen LogP contribution is -2.45. The van der Waals surface area contributed by atoms with Gasteiger partial charge in [-0.1, -0.05) is 23.7 Å². The number of nitrogens with zero attached hydrogens (tertiary/aromatic N) is 3. The number of aryl methyl sites for hydroxylation is 1. The van der Waals surface area contributed by atoms with Crippen LogP contribution in [-0.4, -0.2) is 73.0 Å². The van der Waals surface area contributed by atoms with Crippen molar-refractivity contribution in [1.29, 1.82) is 0 Å². The first kappa shape index (κ1) is 23.7. The van der Waals surface area contributed by atoms with Gasteiger partial charge in [-0.3, -0.25) is 4.79 Å². The molecule has 0 aliphatic carbocycles. The molecular weight excluding hydrogens is 408 g/mol. The highest BCUT2D eigenvalue weighted by Crippen LogP contribution is 2.19. The highest BCUT2D eigenvalue weighted by atomic mass is 35.5. The van der Waals surface area contributed by atoms with Crippen LogP contribution in [0.15, 0.2) is 30.3 Å². The van der Waals surface area contributed by atoms with E-state index < -0.39 is 5.97 Å². The van der Waals surface area contributed by atoms with Gasteiger partial charge in [0.25, 0.3) is 0 Å². The maximum atomic E-state index is 11.2. The number of carbonyl (C=O) groups is 1. The number of aromatic nitrogens is 2. The fourth-order valence-corrected chi connectivity index (χ4v) is 3.17. The van der Waals surface area contributed by atoms with Crippen LogP contribution in [0.25, 0.3) is 0 Å². The monoisotopic (exact) mass is 437 g/mol. The molecule has 0 aliphatic heterocycles. The van der Waals surface area contributed by atoms with Gasteiger partial charge in [0.05, 0.1) is 53.9 Å². The lowest BCUT2D eigenvalue weighted by molar-refractivity contribution is -0.870. The minimum atomic E-state index is -0.891. The number of carboxylic acid groups (broad SMARTS) is 1. The normalized spacial score (nSPS) is 12.3. The molecule has 0 radical (unpaired) electrons. The number of benzene rings is 1. The highest BCUT2D eigenvalue weighted by molar-refractivity contribution is 6.29. The van der Waals surface area contributed by atoms with Crippen LogP contribution in [0, 0.1) is 0 Å². The van der Waals surface area contributed by atoms with E-state index in [1.807, 2.05) is 45.4 Å². The van der Waals surface area contributed by atoms with E-state index in [0.717, 1.165) is 18.6 Å². The number of likely N-dealkylation sites (N-methyl/N-ethyl adjacent to an activating group) is 1. The van der Waals surface area contributed by atoms with Crippen molar-refractivity contribution in [1.82, 2.24) is 9.97 Å². The van der Waals surface area contributed by atoms with Gasteiger partial charge in [-0.25, -0.2) is 4.98 Å². The van der Waals surface area contributed by atoms with E-state index in [0.29, 0.717) is 23.5 Å². The van der Waals surface area contributed by atoms with Crippen molar-refractivity contribution in [2.45, 2.75) is 25.3 Å². The van der Waals surface area contributed by atoms with Crippen LogP contribution >= 0.6 is 11.6 Å². The molecule has 164 valence electrons. The molecule has 1 aromatic heterocycles. The fourth-order valence-electron chi connectivity index (χ4n) is 3.00. The van der Waals surface area contributed by atoms with Gasteiger partial charge in [0, 0.05) is 6.07 Å². The maximum Gasteiger partial charge on any atom is 0.305 e. The second kappa shape index (κ2) is 11.0. The first-order valence-electron chi connectivity index (χ1n) is 9.74. The molecule has 1 unspecified atom stereocenters. The molecule has 1 aromatic carbocycles. The second-order valence-corrected chi connectivity index (χ2v) is 8.45. The van der Waals surface area contributed by atoms with Crippen molar-refractivity contribution in [2.75, 3.05) is 46.7 Å². The number of aliphatic carboxylic acids is 1. The average Bonchev–Trinajstić information content (AvgIpc) is 2.63. The Morgan fingerprint density at radius 3 is 2.53 bits per heavy atom. The molecule has 2 N–H and O–H groups in total. The molecule has 0 aliphatic rings. The molecule has 9 heteroatoms. The summed E-state index contributed by atoms with van der Waals surface area (Å²) in [6.45, 7) is 1.05. The van der Waals surface area contributed by atoms with Gasteiger partial charge in [-0.15, -0.1) is 0 Å². The van der Waals surface area contributed by atoms with E-state index >= 15 is 0 Å². The predicted molar refractivity (Wildman–Crippen MR) is 116 cm³/mol. The first-order chi connectivity index (χ1) is 14.1. The summed E-state index contributed by atoms with van der Waals surface area (Å²) in [5.74, 6) is 0.550. The van der Waals surface area contributed by atoms with Crippen LogP contribution in [0.2, 0.25) is 5.15 Å². The summed E-state index contributed by atoms with van der Waals surface area (Å²) in [6.07, 6.45) is 1.61. The number of hydrogen-bond acceptors (Lipinski definition) is 6. The van der Waals surface area contributed by atoms with E-state index in [1.54, 1.807) is 13.2 Å². The van der Waals surface area contributed by atoms with Crippen molar-refractivity contribution >= 4 is 23.5 Å². The SMILES string of the molecule is COc1ccc(CCCOc2cc(Cl)nc(NC(CC(=O)O)C[N+](C)(C)C)n2)cc1. The Hall–Kier alpha value is -2.58. The fraction of sp³-hybridized carbons (Fsp3) is 0.476. The molecule has 30 heavy (non-hydrogen) atoms. The van der Waals surface area contributed by atoms with Gasteiger partial charge < -0.3 is 24.4 Å². The molecule has 0 bridgehead atoms. The van der Waals surface area contributed by atoms with E-state index in [2.05, 4.69) is 15.3 Å². The summed E-state index contributed by atoms with van der Waals surface area (Å²) in [6, 6.07) is 9.12. The lowest BCUT2D eigenvalue weighted by atomic mass is 10.1. The Kier molecular flexibility index (Phi) is 8.68. The number of methoxy groups -OCH3 is 1. The summed E-state index contributed by atoms with van der Waals surface area (Å²) in [7, 11) is 7.62. The summed E-state index contributed by atoms with van der Waals surface area (Å²) in [4.78, 5) is 19.7. The van der Waals surface area contributed by atoms with Crippen LogP contribution in [0.4, 0.5) is 5.95 Å². The molecule has 0 fully saturated rings. The van der Waals surface area contributed by atoms with Gasteiger partial charge in [0.2, 0.25) is 11.8 Å². The Labute approximate surface area is 182 Å². The Bertz CT molecular complexity index is 825. The Morgan fingerprint density at radius 1 is 1.23 bits per heavy atom. The molecule has 0 saturated heterocycles. The average molecular weight is 438 g/mol. The number of rotatable bonds is 12. The molecule has 0 spiro atoms. The Morgan fingerprint density at radius 2 is 1.93 bits per heavy atom. The summed E-state index contributed by atoms with van der Waals surface area (Å²) in [5.41, 5.74) is 1.19. The zero-order valence-corrected chi connectivity index (χ0v) is 18.6. The zero-order chi connectivity index (χ0) is 22.1. The molecular formula is C21H30ClN4O4+. The van der Waals surface area contributed by atoms with Crippen molar-refractivity contribution < 1.29 is 23.9 Å². The minimum Gasteiger partial charge on any atom is -0.497 e. The standard InChI is InChI=1S/C21H29ClN4O4/c1-26(2,3)14-16(12-20(27)28)23-21-24-18(22)13-19(25-21)30-11-5-6-15-7-9-17(29-4)10-8-15/h7-10,13,16H,5-6,11-12,14H2,1-4H3,(H-,23,24,25,27,28)/p+1. The number of halogens is 1. The molecule has 8 nitrogen and oxygen atoms in total. The van der Waals surface area contributed by atoms with Crippen molar-refractivity contribution in [3.8, 4) is 11.6 Å². The van der Waals surface area contributed by atoms with Gasteiger partial charge in [0.15, 0.2) is 0 Å². The van der Waals surface area contributed by atoms with Gasteiger partial charge in [-0.2, -0.15) is 4.98 Å². The number of anilines is 1. The van der Waals surface area contributed by atoms with Gasteiger partial charge in [-0.05, 0) is 30.5 Å². The quantitative estimate of drug-likeness (QED) is 0.299. The number of ether oxygens (including phenoxy) is 2. The number of quaternary nitrogens is 1. The van der Waals surface area contributed by atoms with Crippen LogP contribution < -0.4 is 14.8 Å². The highest BCUT2D eigenvalue weighted by Gasteiger charge is 2.22. The number of hydrogen-bond donors (Lipinski definition) is 2. The first-order valence-corrected chi connectivity index (χ1v) is 10.1. The zero-order valence-electron chi connectivity index (χ0n) is 17.9. The minimum absolute atomic E-state index is 0.0521. The smallest absolute Gasteiger partial charge is 0.305 e. The van der Waals surface area contributed by atoms with Crippen molar-refractivity contribution in [3.05, 3.63) is 41.0 Å². The van der Waals surface area contributed by atoms with Crippen LogP contribution in [-0.2, 0) is 11.2 Å². The third-order valence-corrected chi connectivity index (χ3v) is 4.41. The summed E-state index contributed by atoms with van der Waals surface area (Å²) < 4.78 is 11.5. The topological polar surface area (TPSA) is 93.6 Å². The third-order valence-electron chi connectivity index (χ3n) is 4.21. The maximum absolute atomic E-state index is 11.2. The van der Waals surface area contributed by atoms with Crippen LogP contribution in [0.5, 0.6) is 11.6 Å². The van der Waals surface area contributed by atoms with E-state index in [9.17, 15) is 9.90 Å². The molecule has 1 heterocycles. The second-order valence-electron chi connectivity index (χ2n) is 8.06. The van der Waals surface area contributed by atoms with E-state index in [4.69, 9.17) is 21.1 Å². The summed E-state index contributed by atoms with van der Waals surface area (Å²) >= 11 is 6.11. The molecule has 0 amide bonds. The molecule has 2 aromatic rings. The van der Waals surface area contributed by atoms with Crippen LogP contribution in [0.3, 0.4) is 0 Å². The van der Waals surface area contributed by atoms with E-state index in [1.165, 1.54) is 5.56 Å². The summed E-state index contributed by atoms with van der Waals surface area (Å²) in [5, 5.41) is 12.5. The Balaban J connectivity index is 1.93. The third kappa shape index (κ3) is 8.84. The lowest BCUT2D eigenvalue weighted by Gasteiger charge is -2.29. The number of carboxylic acids is 1.